The molecule has 0 atom stereocenters. The molecule has 1 heterocycles. The molecule has 2 nitrogen and oxygen atoms in total. The molecule has 0 saturated heterocycles. The topological polar surface area (TPSA) is 24.9 Å². The molecule has 3 heteroatoms. The van der Waals surface area contributed by atoms with Gasteiger partial charge in [-0.25, -0.2) is 4.98 Å². The minimum Gasteiger partial charge on any atom is -0.313 e. The second kappa shape index (κ2) is 3.18. The van der Waals surface area contributed by atoms with Crippen molar-refractivity contribution in [2.75, 3.05) is 3.53 Å². The first kappa shape index (κ1) is 7.78. The Labute approximate surface area is 74.5 Å². The summed E-state index contributed by atoms with van der Waals surface area (Å²) in [5.74, 6) is 0.929. The van der Waals surface area contributed by atoms with Gasteiger partial charge in [-0.3, -0.25) is 0 Å². The van der Waals surface area contributed by atoms with Gasteiger partial charge in [0.05, 0.1) is 22.9 Å². The van der Waals surface area contributed by atoms with E-state index in [0.29, 0.717) is 0 Å². The van der Waals surface area contributed by atoms with Crippen molar-refractivity contribution in [2.24, 2.45) is 0 Å². The van der Waals surface area contributed by atoms with Crippen LogP contribution in [-0.4, -0.2) is 4.98 Å². The van der Waals surface area contributed by atoms with E-state index < -0.39 is 0 Å². The Kier molecular flexibility index (Phi) is 2.48. The van der Waals surface area contributed by atoms with Gasteiger partial charge in [-0.15, -0.1) is 0 Å². The van der Waals surface area contributed by atoms with E-state index in [-0.39, 0.29) is 0 Å². The summed E-state index contributed by atoms with van der Waals surface area (Å²) in [6.07, 6.45) is 0. The van der Waals surface area contributed by atoms with Crippen molar-refractivity contribution in [3.8, 4) is 0 Å². The maximum atomic E-state index is 4.23. The van der Waals surface area contributed by atoms with E-state index in [1.165, 1.54) is 5.56 Å². The van der Waals surface area contributed by atoms with Crippen LogP contribution in [0.15, 0.2) is 12.1 Å². The molecule has 0 unspecified atom stereocenters. The standard InChI is InChI=1S/C7H9IN2/c1-5-3-6(2)9-7(4-5)10-8/h3-4H,1-2H3,(H,9,10). The molecule has 0 radical (unpaired) electrons. The number of hydrogen-bond acceptors (Lipinski definition) is 2. The third kappa shape index (κ3) is 1.83. The van der Waals surface area contributed by atoms with Crippen LogP contribution in [0.3, 0.4) is 0 Å². The zero-order chi connectivity index (χ0) is 7.56. The fourth-order valence-corrected chi connectivity index (χ4v) is 1.17. The molecular formula is C7H9IN2. The molecule has 54 valence electrons. The Hall–Kier alpha value is -0.320. The number of hydrogen-bond donors (Lipinski definition) is 1. The molecule has 0 spiro atoms. The van der Waals surface area contributed by atoms with Crippen LogP contribution >= 0.6 is 22.9 Å². The number of nitrogens with one attached hydrogen (secondary N) is 1. The lowest BCUT2D eigenvalue weighted by Crippen LogP contribution is -1.88. The van der Waals surface area contributed by atoms with Gasteiger partial charge in [0.1, 0.15) is 5.82 Å². The summed E-state index contributed by atoms with van der Waals surface area (Å²) in [7, 11) is 0. The van der Waals surface area contributed by atoms with E-state index in [9.17, 15) is 0 Å². The number of aryl methyl sites for hydroxylation is 2. The minimum atomic E-state index is 0.929. The zero-order valence-corrected chi connectivity index (χ0v) is 8.14. The van der Waals surface area contributed by atoms with Gasteiger partial charge < -0.3 is 3.53 Å². The molecular weight excluding hydrogens is 239 g/mol. The van der Waals surface area contributed by atoms with Crippen LogP contribution < -0.4 is 3.53 Å². The summed E-state index contributed by atoms with van der Waals surface area (Å²) >= 11 is 2.07. The number of halogens is 1. The fraction of sp³-hybridized carbons (Fsp3) is 0.286. The monoisotopic (exact) mass is 248 g/mol. The van der Waals surface area contributed by atoms with Crippen LogP contribution in [0, 0.1) is 13.8 Å². The Morgan fingerprint density at radius 1 is 1.40 bits per heavy atom. The van der Waals surface area contributed by atoms with E-state index in [2.05, 4.69) is 44.4 Å². The number of rotatable bonds is 1. The van der Waals surface area contributed by atoms with E-state index in [4.69, 9.17) is 0 Å². The predicted molar refractivity (Wildman–Crippen MR) is 51.4 cm³/mol. The molecule has 0 aliphatic carbocycles. The molecule has 0 amide bonds. The van der Waals surface area contributed by atoms with Gasteiger partial charge in [-0.2, -0.15) is 0 Å². The summed E-state index contributed by atoms with van der Waals surface area (Å²) in [6, 6.07) is 4.07. The summed E-state index contributed by atoms with van der Waals surface area (Å²) < 4.78 is 2.97. The lowest BCUT2D eigenvalue weighted by molar-refractivity contribution is 1.19. The first-order valence-corrected chi connectivity index (χ1v) is 4.12. The van der Waals surface area contributed by atoms with E-state index in [1.54, 1.807) is 0 Å². The molecule has 0 fully saturated rings. The molecule has 0 bridgehead atoms. The molecule has 1 aromatic heterocycles. The van der Waals surface area contributed by atoms with Crippen molar-refractivity contribution < 1.29 is 0 Å². The van der Waals surface area contributed by atoms with E-state index >= 15 is 0 Å². The van der Waals surface area contributed by atoms with Gasteiger partial charge in [0, 0.05) is 5.69 Å². The third-order valence-corrected chi connectivity index (χ3v) is 1.75. The van der Waals surface area contributed by atoms with Gasteiger partial charge in [0.2, 0.25) is 0 Å². The Bertz CT molecular complexity index is 215. The highest BCUT2D eigenvalue weighted by Gasteiger charge is 1.92. The molecule has 10 heavy (non-hydrogen) atoms. The Morgan fingerprint density at radius 3 is 2.60 bits per heavy atom. The number of nitrogens with zero attached hydrogens (tertiary/aromatic N) is 1. The average molecular weight is 248 g/mol. The van der Waals surface area contributed by atoms with Gasteiger partial charge in [-0.1, -0.05) is 0 Å². The van der Waals surface area contributed by atoms with Gasteiger partial charge in [0.15, 0.2) is 0 Å². The van der Waals surface area contributed by atoms with E-state index in [1.807, 2.05) is 13.0 Å². The van der Waals surface area contributed by atoms with Crippen molar-refractivity contribution in [3.05, 3.63) is 23.4 Å². The maximum Gasteiger partial charge on any atom is 0.135 e. The maximum absolute atomic E-state index is 4.23. The molecule has 0 aliphatic heterocycles. The molecule has 1 N–H and O–H groups in total. The Morgan fingerprint density at radius 2 is 2.10 bits per heavy atom. The summed E-state index contributed by atoms with van der Waals surface area (Å²) in [6.45, 7) is 4.05. The van der Waals surface area contributed by atoms with Gasteiger partial charge in [-0.05, 0) is 31.5 Å². The molecule has 0 saturated carbocycles. The number of pyridine rings is 1. The van der Waals surface area contributed by atoms with Crippen LogP contribution in [0.25, 0.3) is 0 Å². The van der Waals surface area contributed by atoms with E-state index in [0.717, 1.165) is 11.5 Å². The Balaban J connectivity index is 3.06. The van der Waals surface area contributed by atoms with Crippen molar-refractivity contribution in [3.63, 3.8) is 0 Å². The number of anilines is 1. The van der Waals surface area contributed by atoms with Crippen LogP contribution in [0.4, 0.5) is 5.82 Å². The molecule has 1 rings (SSSR count). The number of aromatic nitrogens is 1. The highest BCUT2D eigenvalue weighted by molar-refractivity contribution is 14.1. The first-order valence-electron chi connectivity index (χ1n) is 3.04. The normalized spacial score (nSPS) is 9.50. The minimum absolute atomic E-state index is 0.929. The van der Waals surface area contributed by atoms with Crippen molar-refractivity contribution >= 4 is 28.7 Å². The lowest BCUT2D eigenvalue weighted by Gasteiger charge is -1.99. The largest absolute Gasteiger partial charge is 0.313 e. The highest BCUT2D eigenvalue weighted by Crippen LogP contribution is 2.09. The summed E-state index contributed by atoms with van der Waals surface area (Å²) in [4.78, 5) is 4.23. The smallest absolute Gasteiger partial charge is 0.135 e. The molecule has 0 aliphatic rings. The average Bonchev–Trinajstić information content (AvgIpc) is 1.85. The predicted octanol–water partition coefficient (Wildman–Crippen LogP) is 2.46. The summed E-state index contributed by atoms with van der Waals surface area (Å²) in [5, 5.41) is 0. The lowest BCUT2D eigenvalue weighted by atomic mass is 10.2. The van der Waals surface area contributed by atoms with Crippen LogP contribution in [0.2, 0.25) is 0 Å². The first-order chi connectivity index (χ1) is 4.72. The van der Waals surface area contributed by atoms with Gasteiger partial charge >= 0.3 is 0 Å². The highest BCUT2D eigenvalue weighted by atomic mass is 127. The summed E-state index contributed by atoms with van der Waals surface area (Å²) in [5.41, 5.74) is 2.30. The van der Waals surface area contributed by atoms with Crippen molar-refractivity contribution in [2.45, 2.75) is 13.8 Å². The van der Waals surface area contributed by atoms with Crippen LogP contribution in [0.1, 0.15) is 11.3 Å². The van der Waals surface area contributed by atoms with Crippen LogP contribution in [-0.2, 0) is 0 Å². The van der Waals surface area contributed by atoms with Crippen molar-refractivity contribution in [1.82, 2.24) is 4.98 Å². The third-order valence-electron chi connectivity index (χ3n) is 1.19. The zero-order valence-electron chi connectivity index (χ0n) is 5.98. The van der Waals surface area contributed by atoms with Gasteiger partial charge in [0.25, 0.3) is 0 Å². The van der Waals surface area contributed by atoms with Crippen molar-refractivity contribution in [1.29, 1.82) is 0 Å². The molecule has 1 aromatic rings. The van der Waals surface area contributed by atoms with Crippen LogP contribution in [0.5, 0.6) is 0 Å². The second-order valence-electron chi connectivity index (χ2n) is 2.27. The fourth-order valence-electron chi connectivity index (χ4n) is 0.890. The quantitative estimate of drug-likeness (QED) is 0.610. The second-order valence-corrected chi connectivity index (χ2v) is 2.80. The SMILES string of the molecule is Cc1cc(C)nc(NI)c1. The molecule has 0 aromatic carbocycles.